The molecule has 3 aliphatic rings. The van der Waals surface area contributed by atoms with Crippen LogP contribution in [-0.4, -0.2) is 58.5 Å². The standard InChI is InChI=1S/C16H22N4OS/c21-16(19-5-7-22-8-6-19)13-3-4-20(10-13)15-9-14(12-1-2-12)17-11-18-15/h9,11-13H,1-8,10H2. The van der Waals surface area contributed by atoms with Crippen LogP contribution < -0.4 is 4.90 Å². The Labute approximate surface area is 135 Å². The van der Waals surface area contributed by atoms with Crippen LogP contribution in [0.3, 0.4) is 0 Å². The van der Waals surface area contributed by atoms with Gasteiger partial charge in [0.15, 0.2) is 0 Å². The summed E-state index contributed by atoms with van der Waals surface area (Å²) < 4.78 is 0. The smallest absolute Gasteiger partial charge is 0.227 e. The molecule has 118 valence electrons. The monoisotopic (exact) mass is 318 g/mol. The van der Waals surface area contributed by atoms with Crippen LogP contribution in [0.5, 0.6) is 0 Å². The Balaban J connectivity index is 1.41. The molecule has 1 unspecified atom stereocenters. The average Bonchev–Trinajstić information content (AvgIpc) is 3.32. The predicted molar refractivity (Wildman–Crippen MR) is 88.2 cm³/mol. The normalized spacial score (nSPS) is 25.5. The van der Waals surface area contributed by atoms with Crippen molar-refractivity contribution in [1.29, 1.82) is 0 Å². The van der Waals surface area contributed by atoms with E-state index in [4.69, 9.17) is 0 Å². The van der Waals surface area contributed by atoms with Crippen molar-refractivity contribution in [3.05, 3.63) is 18.1 Å². The third-order valence-electron chi connectivity index (χ3n) is 4.85. The number of anilines is 1. The van der Waals surface area contributed by atoms with Crippen LogP contribution in [0.2, 0.25) is 0 Å². The number of rotatable bonds is 3. The topological polar surface area (TPSA) is 49.3 Å². The molecule has 0 N–H and O–H groups in total. The van der Waals surface area contributed by atoms with E-state index in [-0.39, 0.29) is 5.92 Å². The molecule has 5 nitrogen and oxygen atoms in total. The fraction of sp³-hybridized carbons (Fsp3) is 0.688. The lowest BCUT2D eigenvalue weighted by Gasteiger charge is -2.29. The van der Waals surface area contributed by atoms with Gasteiger partial charge in [0.25, 0.3) is 0 Å². The molecule has 1 aromatic rings. The van der Waals surface area contributed by atoms with E-state index in [0.717, 1.165) is 49.9 Å². The first kappa shape index (κ1) is 14.3. The van der Waals surface area contributed by atoms with E-state index in [2.05, 4.69) is 25.8 Å². The summed E-state index contributed by atoms with van der Waals surface area (Å²) >= 11 is 1.94. The van der Waals surface area contributed by atoms with Crippen molar-refractivity contribution in [1.82, 2.24) is 14.9 Å². The Bertz CT molecular complexity index is 557. The molecule has 1 saturated carbocycles. The molecule has 6 heteroatoms. The van der Waals surface area contributed by atoms with Crippen molar-refractivity contribution < 1.29 is 4.79 Å². The largest absolute Gasteiger partial charge is 0.356 e. The first-order valence-electron chi connectivity index (χ1n) is 8.24. The number of carbonyl (C=O) groups excluding carboxylic acids is 1. The first-order valence-corrected chi connectivity index (χ1v) is 9.40. The molecule has 4 rings (SSSR count). The zero-order valence-corrected chi connectivity index (χ0v) is 13.6. The summed E-state index contributed by atoms with van der Waals surface area (Å²) in [6, 6.07) is 2.13. The fourth-order valence-electron chi connectivity index (χ4n) is 3.35. The van der Waals surface area contributed by atoms with Gasteiger partial charge in [0.05, 0.1) is 5.92 Å². The molecule has 0 radical (unpaired) electrons. The Morgan fingerprint density at radius 3 is 2.73 bits per heavy atom. The fourth-order valence-corrected chi connectivity index (χ4v) is 4.25. The van der Waals surface area contributed by atoms with Crippen LogP contribution in [0.1, 0.15) is 30.9 Å². The maximum absolute atomic E-state index is 12.6. The minimum Gasteiger partial charge on any atom is -0.356 e. The van der Waals surface area contributed by atoms with Crippen molar-refractivity contribution in [2.24, 2.45) is 5.92 Å². The van der Waals surface area contributed by atoms with Crippen LogP contribution >= 0.6 is 11.8 Å². The molecule has 0 aromatic carbocycles. The Morgan fingerprint density at radius 2 is 1.95 bits per heavy atom. The van der Waals surface area contributed by atoms with E-state index in [1.54, 1.807) is 6.33 Å². The number of hydrogen-bond donors (Lipinski definition) is 0. The van der Waals surface area contributed by atoms with Crippen LogP contribution in [0, 0.1) is 5.92 Å². The highest BCUT2D eigenvalue weighted by atomic mass is 32.2. The number of hydrogen-bond acceptors (Lipinski definition) is 5. The first-order chi connectivity index (χ1) is 10.8. The van der Waals surface area contributed by atoms with Crippen LogP contribution in [0.4, 0.5) is 5.82 Å². The molecule has 2 aliphatic heterocycles. The van der Waals surface area contributed by atoms with Crippen molar-refractivity contribution in [2.45, 2.75) is 25.2 Å². The van der Waals surface area contributed by atoms with Crippen LogP contribution in [-0.2, 0) is 4.79 Å². The van der Waals surface area contributed by atoms with Crippen LogP contribution in [0.25, 0.3) is 0 Å². The summed E-state index contributed by atoms with van der Waals surface area (Å²) in [6.45, 7) is 3.57. The van der Waals surface area contributed by atoms with Gasteiger partial charge in [0.2, 0.25) is 5.91 Å². The van der Waals surface area contributed by atoms with Crippen molar-refractivity contribution in [3.8, 4) is 0 Å². The van der Waals surface area contributed by atoms with Gasteiger partial charge < -0.3 is 9.80 Å². The third-order valence-corrected chi connectivity index (χ3v) is 5.80. The minimum absolute atomic E-state index is 0.141. The maximum atomic E-state index is 12.6. The van der Waals surface area contributed by atoms with Gasteiger partial charge in [-0.2, -0.15) is 11.8 Å². The summed E-state index contributed by atoms with van der Waals surface area (Å²) in [7, 11) is 0. The zero-order chi connectivity index (χ0) is 14.9. The molecule has 0 spiro atoms. The third kappa shape index (κ3) is 2.93. The maximum Gasteiger partial charge on any atom is 0.227 e. The molecular weight excluding hydrogens is 296 g/mol. The van der Waals surface area contributed by atoms with Gasteiger partial charge in [-0.1, -0.05) is 0 Å². The van der Waals surface area contributed by atoms with E-state index < -0.39 is 0 Å². The van der Waals surface area contributed by atoms with Gasteiger partial charge in [-0.15, -0.1) is 0 Å². The molecule has 1 aromatic heterocycles. The Kier molecular flexibility index (Phi) is 3.94. The highest BCUT2D eigenvalue weighted by Gasteiger charge is 2.33. The van der Waals surface area contributed by atoms with Crippen LogP contribution in [0.15, 0.2) is 12.4 Å². The second-order valence-electron chi connectivity index (χ2n) is 6.44. The van der Waals surface area contributed by atoms with Gasteiger partial charge in [0, 0.05) is 55.4 Å². The van der Waals surface area contributed by atoms with E-state index >= 15 is 0 Å². The van der Waals surface area contributed by atoms with Gasteiger partial charge >= 0.3 is 0 Å². The molecule has 3 heterocycles. The Hall–Kier alpha value is -1.30. The number of amides is 1. The average molecular weight is 318 g/mol. The molecule has 22 heavy (non-hydrogen) atoms. The van der Waals surface area contributed by atoms with Crippen molar-refractivity contribution in [3.63, 3.8) is 0 Å². The summed E-state index contributed by atoms with van der Waals surface area (Å²) in [4.78, 5) is 25.7. The summed E-state index contributed by atoms with van der Waals surface area (Å²) in [5, 5.41) is 0. The Morgan fingerprint density at radius 1 is 1.14 bits per heavy atom. The van der Waals surface area contributed by atoms with E-state index in [0.29, 0.717) is 11.8 Å². The summed E-state index contributed by atoms with van der Waals surface area (Å²) in [6.07, 6.45) is 5.14. The molecule has 1 amide bonds. The number of thioether (sulfide) groups is 1. The van der Waals surface area contributed by atoms with Gasteiger partial charge in [-0.25, -0.2) is 9.97 Å². The second-order valence-corrected chi connectivity index (χ2v) is 7.67. The second kappa shape index (κ2) is 6.07. The SMILES string of the molecule is O=C(C1CCN(c2cc(C3CC3)ncn2)C1)N1CCSCC1. The number of carbonyl (C=O) groups is 1. The van der Waals surface area contributed by atoms with E-state index in [9.17, 15) is 4.79 Å². The van der Waals surface area contributed by atoms with E-state index in [1.807, 2.05) is 11.8 Å². The lowest BCUT2D eigenvalue weighted by molar-refractivity contribution is -0.134. The minimum atomic E-state index is 0.141. The quantitative estimate of drug-likeness (QED) is 0.850. The van der Waals surface area contributed by atoms with Gasteiger partial charge in [-0.05, 0) is 19.3 Å². The molecule has 1 aliphatic carbocycles. The molecule has 2 saturated heterocycles. The molecule has 0 bridgehead atoms. The highest BCUT2D eigenvalue weighted by molar-refractivity contribution is 7.99. The van der Waals surface area contributed by atoms with E-state index in [1.165, 1.54) is 18.5 Å². The van der Waals surface area contributed by atoms with Gasteiger partial charge in [0.1, 0.15) is 12.1 Å². The summed E-state index contributed by atoms with van der Waals surface area (Å²) in [5.41, 5.74) is 1.17. The zero-order valence-electron chi connectivity index (χ0n) is 12.8. The van der Waals surface area contributed by atoms with Crippen molar-refractivity contribution >= 4 is 23.5 Å². The molecular formula is C16H22N4OS. The molecule has 1 atom stereocenters. The lowest BCUT2D eigenvalue weighted by Crippen LogP contribution is -2.42. The van der Waals surface area contributed by atoms with Crippen molar-refractivity contribution in [2.75, 3.05) is 42.6 Å². The summed E-state index contributed by atoms with van der Waals surface area (Å²) in [5.74, 6) is 4.30. The highest BCUT2D eigenvalue weighted by Crippen LogP contribution is 2.39. The molecule has 3 fully saturated rings. The lowest BCUT2D eigenvalue weighted by atomic mass is 10.1. The van der Waals surface area contributed by atoms with Gasteiger partial charge in [-0.3, -0.25) is 4.79 Å². The number of nitrogens with zero attached hydrogens (tertiary/aromatic N) is 4. The number of aromatic nitrogens is 2. The predicted octanol–water partition coefficient (Wildman–Crippen LogP) is 1.76.